The van der Waals surface area contributed by atoms with Gasteiger partial charge < -0.3 is 10.6 Å². The summed E-state index contributed by atoms with van der Waals surface area (Å²) in [6.07, 6.45) is 2.08. The van der Waals surface area contributed by atoms with Gasteiger partial charge in [-0.15, -0.1) is 0 Å². The van der Waals surface area contributed by atoms with Gasteiger partial charge in [-0.1, -0.05) is 37.6 Å². The fourth-order valence-electron chi connectivity index (χ4n) is 2.15. The summed E-state index contributed by atoms with van der Waals surface area (Å²) in [6, 6.07) is 11.7. The summed E-state index contributed by atoms with van der Waals surface area (Å²) in [6.45, 7) is 2.88. The first kappa shape index (κ1) is 13.4. The van der Waals surface area contributed by atoms with Crippen molar-refractivity contribution >= 4 is 22.4 Å². The number of unbranched alkanes of at least 4 members (excludes halogenated alkanes) is 1. The molecule has 0 bridgehead atoms. The third kappa shape index (κ3) is 2.87. The second-order valence-corrected chi connectivity index (χ2v) is 4.87. The van der Waals surface area contributed by atoms with Gasteiger partial charge >= 0.3 is 0 Å². The summed E-state index contributed by atoms with van der Waals surface area (Å²) in [5.74, 6) is -0.00305. The Bertz CT molecular complexity index is 592. The summed E-state index contributed by atoms with van der Waals surface area (Å²) >= 11 is 0. The normalized spacial score (nSPS) is 10.6. The quantitative estimate of drug-likeness (QED) is 0.853. The van der Waals surface area contributed by atoms with E-state index in [9.17, 15) is 4.79 Å². The van der Waals surface area contributed by atoms with Crippen LogP contribution in [0.1, 0.15) is 30.1 Å². The van der Waals surface area contributed by atoms with Gasteiger partial charge in [-0.25, -0.2) is 0 Å². The number of amides is 1. The molecule has 3 nitrogen and oxygen atoms in total. The first-order chi connectivity index (χ1) is 9.13. The van der Waals surface area contributed by atoms with E-state index in [-0.39, 0.29) is 5.91 Å². The molecule has 19 heavy (non-hydrogen) atoms. The molecule has 0 radical (unpaired) electrons. The fraction of sp³-hybridized carbons (Fsp3) is 0.312. The standard InChI is InChI=1S/C16H20N2O/c1-3-4-9-18(2)16(19)14-10-12-7-5-6-8-13(12)11-15(14)17/h5-8,10-11H,3-4,9,17H2,1-2H3. The molecular formula is C16H20N2O. The van der Waals surface area contributed by atoms with Crippen LogP contribution in [-0.4, -0.2) is 24.4 Å². The van der Waals surface area contributed by atoms with Crippen LogP contribution in [0.25, 0.3) is 10.8 Å². The highest BCUT2D eigenvalue weighted by Gasteiger charge is 2.14. The lowest BCUT2D eigenvalue weighted by Crippen LogP contribution is -2.28. The van der Waals surface area contributed by atoms with E-state index in [1.807, 2.05) is 43.4 Å². The maximum Gasteiger partial charge on any atom is 0.255 e. The molecule has 0 spiro atoms. The summed E-state index contributed by atoms with van der Waals surface area (Å²) in [4.78, 5) is 14.1. The van der Waals surface area contributed by atoms with Gasteiger partial charge in [-0.3, -0.25) is 4.79 Å². The molecule has 0 fully saturated rings. The zero-order chi connectivity index (χ0) is 13.8. The summed E-state index contributed by atoms with van der Waals surface area (Å²) < 4.78 is 0. The molecule has 3 heteroatoms. The highest BCUT2D eigenvalue weighted by Crippen LogP contribution is 2.22. The monoisotopic (exact) mass is 256 g/mol. The van der Waals surface area contributed by atoms with Crippen LogP contribution in [0.15, 0.2) is 36.4 Å². The second kappa shape index (κ2) is 5.74. The van der Waals surface area contributed by atoms with Crippen molar-refractivity contribution in [2.75, 3.05) is 19.3 Å². The lowest BCUT2D eigenvalue weighted by molar-refractivity contribution is 0.0794. The number of rotatable bonds is 4. The third-order valence-electron chi connectivity index (χ3n) is 3.34. The van der Waals surface area contributed by atoms with E-state index in [1.165, 1.54) is 0 Å². The maximum absolute atomic E-state index is 12.4. The number of anilines is 1. The number of benzene rings is 2. The van der Waals surface area contributed by atoms with Crippen LogP contribution in [0.3, 0.4) is 0 Å². The van der Waals surface area contributed by atoms with E-state index >= 15 is 0 Å². The van der Waals surface area contributed by atoms with Crippen molar-refractivity contribution in [3.05, 3.63) is 42.0 Å². The van der Waals surface area contributed by atoms with Gasteiger partial charge in [0.2, 0.25) is 0 Å². The molecule has 0 saturated carbocycles. The van der Waals surface area contributed by atoms with Crippen molar-refractivity contribution in [2.45, 2.75) is 19.8 Å². The van der Waals surface area contributed by atoms with E-state index in [1.54, 1.807) is 4.90 Å². The van der Waals surface area contributed by atoms with E-state index < -0.39 is 0 Å². The molecule has 0 atom stereocenters. The van der Waals surface area contributed by atoms with Crippen molar-refractivity contribution in [2.24, 2.45) is 0 Å². The predicted octanol–water partition coefficient (Wildman–Crippen LogP) is 3.29. The van der Waals surface area contributed by atoms with Crippen molar-refractivity contribution < 1.29 is 4.79 Å². The van der Waals surface area contributed by atoms with Gasteiger partial charge in [0.05, 0.1) is 5.56 Å². The minimum absolute atomic E-state index is 0.00305. The zero-order valence-corrected chi connectivity index (χ0v) is 11.5. The van der Waals surface area contributed by atoms with Gasteiger partial charge in [0.25, 0.3) is 5.91 Å². The molecule has 0 heterocycles. The second-order valence-electron chi connectivity index (χ2n) is 4.87. The van der Waals surface area contributed by atoms with Crippen LogP contribution in [0.4, 0.5) is 5.69 Å². The van der Waals surface area contributed by atoms with Gasteiger partial charge in [-0.05, 0) is 29.3 Å². The number of nitrogen functional groups attached to an aromatic ring is 1. The minimum Gasteiger partial charge on any atom is -0.398 e. The first-order valence-corrected chi connectivity index (χ1v) is 6.67. The van der Waals surface area contributed by atoms with E-state index in [0.29, 0.717) is 11.3 Å². The van der Waals surface area contributed by atoms with Crippen molar-refractivity contribution in [3.8, 4) is 0 Å². The van der Waals surface area contributed by atoms with E-state index in [2.05, 4.69) is 6.92 Å². The molecule has 100 valence electrons. The third-order valence-corrected chi connectivity index (χ3v) is 3.34. The Morgan fingerprint density at radius 2 is 1.84 bits per heavy atom. The minimum atomic E-state index is -0.00305. The number of carbonyl (C=O) groups is 1. The van der Waals surface area contributed by atoms with Gasteiger partial charge in [0.1, 0.15) is 0 Å². The molecule has 2 aromatic carbocycles. The van der Waals surface area contributed by atoms with Gasteiger partial charge in [-0.2, -0.15) is 0 Å². The Balaban J connectivity index is 2.33. The molecule has 1 amide bonds. The topological polar surface area (TPSA) is 46.3 Å². The van der Waals surface area contributed by atoms with Crippen LogP contribution < -0.4 is 5.73 Å². The van der Waals surface area contributed by atoms with Crippen LogP contribution >= 0.6 is 0 Å². The van der Waals surface area contributed by atoms with Crippen LogP contribution in [0.2, 0.25) is 0 Å². The first-order valence-electron chi connectivity index (χ1n) is 6.67. The Hall–Kier alpha value is -2.03. The summed E-state index contributed by atoms with van der Waals surface area (Å²) in [5, 5.41) is 2.11. The number of carbonyl (C=O) groups excluding carboxylic acids is 1. The molecule has 0 aliphatic heterocycles. The maximum atomic E-state index is 12.4. The van der Waals surface area contributed by atoms with Crippen molar-refractivity contribution in [1.29, 1.82) is 0 Å². The van der Waals surface area contributed by atoms with E-state index in [0.717, 1.165) is 30.2 Å². The number of hydrogen-bond donors (Lipinski definition) is 1. The Labute approximate surface area is 114 Å². The highest BCUT2D eigenvalue weighted by molar-refractivity contribution is 6.03. The number of nitrogens with two attached hydrogens (primary N) is 1. The van der Waals surface area contributed by atoms with Crippen LogP contribution in [0, 0.1) is 0 Å². The molecule has 0 saturated heterocycles. The van der Waals surface area contributed by atoms with E-state index in [4.69, 9.17) is 5.73 Å². The largest absolute Gasteiger partial charge is 0.398 e. The van der Waals surface area contributed by atoms with Crippen molar-refractivity contribution in [3.63, 3.8) is 0 Å². The number of fused-ring (bicyclic) bond motifs is 1. The fourth-order valence-corrected chi connectivity index (χ4v) is 2.15. The smallest absolute Gasteiger partial charge is 0.255 e. The molecule has 0 unspecified atom stereocenters. The zero-order valence-electron chi connectivity index (χ0n) is 11.5. The average Bonchev–Trinajstić information content (AvgIpc) is 2.43. The molecule has 2 aromatic rings. The molecule has 0 aromatic heterocycles. The summed E-state index contributed by atoms with van der Waals surface area (Å²) in [7, 11) is 1.83. The molecule has 2 N–H and O–H groups in total. The highest BCUT2D eigenvalue weighted by atomic mass is 16.2. The average molecular weight is 256 g/mol. The molecule has 0 aliphatic rings. The predicted molar refractivity (Wildman–Crippen MR) is 80.2 cm³/mol. The summed E-state index contributed by atoms with van der Waals surface area (Å²) in [5.41, 5.74) is 7.15. The lowest BCUT2D eigenvalue weighted by Gasteiger charge is -2.18. The Kier molecular flexibility index (Phi) is 4.05. The molecule has 0 aliphatic carbocycles. The number of nitrogens with zero attached hydrogens (tertiary/aromatic N) is 1. The Morgan fingerprint density at radius 3 is 2.47 bits per heavy atom. The van der Waals surface area contributed by atoms with Gasteiger partial charge in [0.15, 0.2) is 0 Å². The number of hydrogen-bond acceptors (Lipinski definition) is 2. The molecule has 2 rings (SSSR count). The van der Waals surface area contributed by atoms with Crippen molar-refractivity contribution in [1.82, 2.24) is 4.90 Å². The molecular weight excluding hydrogens is 236 g/mol. The lowest BCUT2D eigenvalue weighted by atomic mass is 10.0. The SMILES string of the molecule is CCCCN(C)C(=O)c1cc2ccccc2cc1N. The van der Waals surface area contributed by atoms with Crippen LogP contribution in [-0.2, 0) is 0 Å². The Morgan fingerprint density at radius 1 is 1.21 bits per heavy atom. The van der Waals surface area contributed by atoms with Gasteiger partial charge in [0, 0.05) is 19.3 Å². The van der Waals surface area contributed by atoms with Crippen LogP contribution in [0.5, 0.6) is 0 Å².